The lowest BCUT2D eigenvalue weighted by atomic mass is 9.94. The molecule has 1 amide bonds. The van der Waals surface area contributed by atoms with Crippen molar-refractivity contribution in [1.82, 2.24) is 20.2 Å². The van der Waals surface area contributed by atoms with Crippen LogP contribution in [-0.4, -0.2) is 40.3 Å². The average molecular weight is 294 g/mol. The monoisotopic (exact) mass is 294 g/mol. The Kier molecular flexibility index (Phi) is 3.80. The van der Waals surface area contributed by atoms with Gasteiger partial charge in [0.15, 0.2) is 5.16 Å². The molecular weight excluding hydrogens is 276 g/mol. The molecule has 2 N–H and O–H groups in total. The van der Waals surface area contributed by atoms with Gasteiger partial charge in [0.25, 0.3) is 11.5 Å². The van der Waals surface area contributed by atoms with Crippen molar-refractivity contribution in [3.63, 3.8) is 0 Å². The number of amides is 1. The Morgan fingerprint density at radius 2 is 2.45 bits per heavy atom. The molecule has 6 nitrogen and oxygen atoms in total. The van der Waals surface area contributed by atoms with Crippen molar-refractivity contribution in [3.8, 4) is 0 Å². The first-order valence-electron chi connectivity index (χ1n) is 6.91. The van der Waals surface area contributed by atoms with Gasteiger partial charge in [0.2, 0.25) is 0 Å². The highest BCUT2D eigenvalue weighted by Gasteiger charge is 2.25. The zero-order valence-electron chi connectivity index (χ0n) is 11.4. The first-order valence-corrected chi connectivity index (χ1v) is 7.89. The zero-order valence-corrected chi connectivity index (χ0v) is 12.2. The second kappa shape index (κ2) is 5.57. The fraction of sp³-hybridized carbons (Fsp3) is 0.615. The molecule has 2 aliphatic heterocycles. The Bertz CT molecular complexity index is 586. The van der Waals surface area contributed by atoms with E-state index < -0.39 is 0 Å². The maximum Gasteiger partial charge on any atom is 0.267 e. The van der Waals surface area contributed by atoms with Gasteiger partial charge in [0.05, 0.1) is 0 Å². The summed E-state index contributed by atoms with van der Waals surface area (Å²) < 4.78 is 1.59. The molecule has 2 atom stereocenters. The minimum Gasteiger partial charge on any atom is -0.348 e. The summed E-state index contributed by atoms with van der Waals surface area (Å²) in [5, 5.41) is 6.92. The molecule has 0 aromatic carbocycles. The number of thioether (sulfide) groups is 1. The summed E-state index contributed by atoms with van der Waals surface area (Å²) in [6, 6.07) is 0.0725. The molecule has 0 bridgehead atoms. The van der Waals surface area contributed by atoms with Gasteiger partial charge >= 0.3 is 0 Å². The van der Waals surface area contributed by atoms with Crippen molar-refractivity contribution in [1.29, 1.82) is 0 Å². The fourth-order valence-electron chi connectivity index (χ4n) is 2.60. The second-order valence-electron chi connectivity index (χ2n) is 5.31. The largest absolute Gasteiger partial charge is 0.348 e. The van der Waals surface area contributed by atoms with E-state index in [2.05, 4.69) is 22.5 Å². The molecule has 7 heteroatoms. The molecule has 1 aromatic heterocycles. The minimum atomic E-state index is -0.310. The lowest BCUT2D eigenvalue weighted by molar-refractivity contribution is 0.0912. The number of nitrogens with zero attached hydrogens (tertiary/aromatic N) is 2. The van der Waals surface area contributed by atoms with Crippen LogP contribution in [0.1, 0.15) is 23.7 Å². The number of hydrogen-bond acceptors (Lipinski definition) is 5. The summed E-state index contributed by atoms with van der Waals surface area (Å²) in [7, 11) is 0. The summed E-state index contributed by atoms with van der Waals surface area (Å²) in [5.74, 6) is 0.952. The van der Waals surface area contributed by atoms with E-state index in [1.165, 1.54) is 6.20 Å². The van der Waals surface area contributed by atoms with Crippen molar-refractivity contribution < 1.29 is 4.79 Å². The van der Waals surface area contributed by atoms with E-state index in [-0.39, 0.29) is 23.1 Å². The normalized spacial score (nSPS) is 25.2. The van der Waals surface area contributed by atoms with E-state index >= 15 is 0 Å². The third-order valence-corrected chi connectivity index (χ3v) is 4.92. The zero-order chi connectivity index (χ0) is 14.1. The van der Waals surface area contributed by atoms with E-state index in [0.29, 0.717) is 17.6 Å². The third-order valence-electron chi connectivity index (χ3n) is 3.95. The van der Waals surface area contributed by atoms with Crippen LogP contribution in [0.5, 0.6) is 0 Å². The summed E-state index contributed by atoms with van der Waals surface area (Å²) in [4.78, 5) is 28.7. The lowest BCUT2D eigenvalue weighted by Gasteiger charge is -2.30. The molecule has 0 aliphatic carbocycles. The molecule has 3 heterocycles. The number of hydrogen-bond donors (Lipinski definition) is 2. The predicted octanol–water partition coefficient (Wildman–Crippen LogP) is 0.0768. The molecule has 1 saturated heterocycles. The average Bonchev–Trinajstić information content (AvgIpc) is 2.91. The minimum absolute atomic E-state index is 0.0725. The van der Waals surface area contributed by atoms with Crippen LogP contribution in [0, 0.1) is 5.92 Å². The molecule has 1 fully saturated rings. The molecule has 0 radical (unpaired) electrons. The molecule has 2 unspecified atom stereocenters. The lowest BCUT2D eigenvalue weighted by Crippen LogP contribution is -2.51. The van der Waals surface area contributed by atoms with Crippen molar-refractivity contribution in [2.24, 2.45) is 5.92 Å². The first-order chi connectivity index (χ1) is 9.66. The van der Waals surface area contributed by atoms with Gasteiger partial charge in [-0.1, -0.05) is 18.7 Å². The second-order valence-corrected chi connectivity index (χ2v) is 6.37. The highest BCUT2D eigenvalue weighted by molar-refractivity contribution is 7.99. The van der Waals surface area contributed by atoms with E-state index in [9.17, 15) is 9.59 Å². The number of nitrogens with one attached hydrogen (secondary N) is 2. The summed E-state index contributed by atoms with van der Waals surface area (Å²) in [5.41, 5.74) is -0.0806. The number of piperidine rings is 1. The van der Waals surface area contributed by atoms with Gasteiger partial charge in [-0.25, -0.2) is 4.98 Å². The number of fused-ring (bicyclic) bond motifs is 1. The smallest absolute Gasteiger partial charge is 0.267 e. The highest BCUT2D eigenvalue weighted by atomic mass is 32.2. The van der Waals surface area contributed by atoms with Gasteiger partial charge in [-0.2, -0.15) is 0 Å². The Morgan fingerprint density at radius 3 is 3.25 bits per heavy atom. The SMILES string of the molecule is CC1CCNCC1NC(=O)c1cnc2n(c1=O)CCS2. The standard InChI is InChI=1S/C13H18N4O2S/c1-8-2-3-14-7-10(8)16-11(18)9-6-15-13-17(12(9)19)4-5-20-13/h6,8,10,14H,2-5,7H2,1H3,(H,16,18). The van der Waals surface area contributed by atoms with Crippen LogP contribution in [-0.2, 0) is 6.54 Å². The van der Waals surface area contributed by atoms with Gasteiger partial charge in [-0.05, 0) is 18.9 Å². The number of aromatic nitrogens is 2. The maximum atomic E-state index is 12.3. The molecule has 0 saturated carbocycles. The van der Waals surface area contributed by atoms with Crippen LogP contribution in [0.15, 0.2) is 16.1 Å². The van der Waals surface area contributed by atoms with Gasteiger partial charge in [0.1, 0.15) is 5.56 Å². The highest BCUT2D eigenvalue weighted by Crippen LogP contribution is 2.20. The molecule has 2 aliphatic rings. The van der Waals surface area contributed by atoms with E-state index in [1.54, 1.807) is 16.3 Å². The third kappa shape index (κ3) is 2.47. The Morgan fingerprint density at radius 1 is 1.60 bits per heavy atom. The van der Waals surface area contributed by atoms with E-state index in [1.807, 2.05) is 0 Å². The number of carbonyl (C=O) groups is 1. The molecule has 108 valence electrons. The predicted molar refractivity (Wildman–Crippen MR) is 77.1 cm³/mol. The Hall–Kier alpha value is -1.34. The van der Waals surface area contributed by atoms with Crippen LogP contribution in [0.4, 0.5) is 0 Å². The molecule has 20 heavy (non-hydrogen) atoms. The van der Waals surface area contributed by atoms with Gasteiger partial charge in [-0.15, -0.1) is 0 Å². The first kappa shape index (κ1) is 13.6. The van der Waals surface area contributed by atoms with Crippen LogP contribution < -0.4 is 16.2 Å². The molecule has 1 aromatic rings. The number of carbonyl (C=O) groups excluding carboxylic acids is 1. The van der Waals surface area contributed by atoms with E-state index in [0.717, 1.165) is 25.3 Å². The van der Waals surface area contributed by atoms with Crippen LogP contribution in [0.3, 0.4) is 0 Å². The van der Waals surface area contributed by atoms with E-state index in [4.69, 9.17) is 0 Å². The fourth-order valence-corrected chi connectivity index (χ4v) is 3.52. The Labute approximate surface area is 121 Å². The molecular formula is C13H18N4O2S. The Balaban J connectivity index is 1.79. The number of rotatable bonds is 2. The van der Waals surface area contributed by atoms with Crippen molar-refractivity contribution in [2.45, 2.75) is 31.1 Å². The molecule has 0 spiro atoms. The maximum absolute atomic E-state index is 12.3. The van der Waals surface area contributed by atoms with Crippen molar-refractivity contribution in [2.75, 3.05) is 18.8 Å². The summed E-state index contributed by atoms with van der Waals surface area (Å²) in [6.45, 7) is 4.49. The van der Waals surface area contributed by atoms with Crippen molar-refractivity contribution >= 4 is 17.7 Å². The topological polar surface area (TPSA) is 76.0 Å². The van der Waals surface area contributed by atoms with Crippen molar-refractivity contribution in [3.05, 3.63) is 22.1 Å². The van der Waals surface area contributed by atoms with Crippen LogP contribution >= 0.6 is 11.8 Å². The van der Waals surface area contributed by atoms with Crippen LogP contribution in [0.2, 0.25) is 0 Å². The van der Waals surface area contributed by atoms with Crippen LogP contribution in [0.25, 0.3) is 0 Å². The van der Waals surface area contributed by atoms with Gasteiger partial charge in [0, 0.05) is 31.1 Å². The van der Waals surface area contributed by atoms with Gasteiger partial charge < -0.3 is 10.6 Å². The molecule has 3 rings (SSSR count). The van der Waals surface area contributed by atoms with Gasteiger partial charge in [-0.3, -0.25) is 14.2 Å². The quantitative estimate of drug-likeness (QED) is 0.755. The summed E-state index contributed by atoms with van der Waals surface area (Å²) >= 11 is 1.55. The summed E-state index contributed by atoms with van der Waals surface area (Å²) in [6.07, 6.45) is 2.44.